The molecular formula is C17H21FN2O3. The molecule has 0 N–H and O–H groups in total. The minimum absolute atomic E-state index is 0.156. The Balaban J connectivity index is 1.60. The van der Waals surface area contributed by atoms with Crippen molar-refractivity contribution in [1.29, 1.82) is 0 Å². The molecule has 3 rings (SSSR count). The molecule has 1 aromatic rings. The van der Waals surface area contributed by atoms with E-state index in [1.165, 1.54) is 12.1 Å². The third-order valence-electron chi connectivity index (χ3n) is 4.28. The van der Waals surface area contributed by atoms with Crippen LogP contribution in [0.15, 0.2) is 18.2 Å². The number of benzene rings is 1. The van der Waals surface area contributed by atoms with Gasteiger partial charge in [0.15, 0.2) is 11.6 Å². The van der Waals surface area contributed by atoms with Gasteiger partial charge in [0.1, 0.15) is 0 Å². The highest BCUT2D eigenvalue weighted by Crippen LogP contribution is 2.31. The molecule has 0 unspecified atom stereocenters. The van der Waals surface area contributed by atoms with Crippen LogP contribution in [0, 0.1) is 11.7 Å². The summed E-state index contributed by atoms with van der Waals surface area (Å²) in [4.78, 5) is 28.0. The molecular weight excluding hydrogens is 299 g/mol. The second-order valence-corrected chi connectivity index (χ2v) is 5.97. The summed E-state index contributed by atoms with van der Waals surface area (Å²) in [6.07, 6.45) is 1.98. The first-order valence-electron chi connectivity index (χ1n) is 8.10. The molecule has 1 heterocycles. The van der Waals surface area contributed by atoms with Gasteiger partial charge < -0.3 is 14.5 Å². The minimum Gasteiger partial charge on any atom is -0.491 e. The van der Waals surface area contributed by atoms with Gasteiger partial charge in [0.25, 0.3) is 5.91 Å². The monoisotopic (exact) mass is 320 g/mol. The van der Waals surface area contributed by atoms with Gasteiger partial charge >= 0.3 is 0 Å². The molecule has 1 saturated heterocycles. The Bertz CT molecular complexity index is 608. The van der Waals surface area contributed by atoms with Gasteiger partial charge in [-0.25, -0.2) is 4.39 Å². The Morgan fingerprint density at radius 1 is 1.17 bits per heavy atom. The zero-order valence-corrected chi connectivity index (χ0v) is 13.3. The molecule has 1 aliphatic carbocycles. The molecule has 5 nitrogen and oxygen atoms in total. The van der Waals surface area contributed by atoms with Crippen molar-refractivity contribution in [3.63, 3.8) is 0 Å². The van der Waals surface area contributed by atoms with Crippen molar-refractivity contribution in [3.05, 3.63) is 29.6 Å². The van der Waals surface area contributed by atoms with E-state index in [-0.39, 0.29) is 23.5 Å². The van der Waals surface area contributed by atoms with E-state index in [1.807, 2.05) is 4.90 Å². The number of carbonyl (C=O) groups excluding carboxylic acids is 2. The standard InChI is InChI=1S/C17H21FN2O3/c1-2-23-15-6-5-13(11-14(15)18)17(22)20-9-7-19(8-10-20)16(21)12-3-4-12/h5-6,11-12H,2-4,7-10H2,1H3. The molecule has 124 valence electrons. The van der Waals surface area contributed by atoms with Crippen LogP contribution < -0.4 is 4.74 Å². The Labute approximate surface area is 135 Å². The van der Waals surface area contributed by atoms with Crippen LogP contribution in [0.4, 0.5) is 4.39 Å². The fraction of sp³-hybridized carbons (Fsp3) is 0.529. The summed E-state index contributed by atoms with van der Waals surface area (Å²) in [5.74, 6) is -0.156. The van der Waals surface area contributed by atoms with Crippen molar-refractivity contribution < 1.29 is 18.7 Å². The third kappa shape index (κ3) is 3.46. The quantitative estimate of drug-likeness (QED) is 0.851. The molecule has 1 aromatic carbocycles. The van der Waals surface area contributed by atoms with Gasteiger partial charge in [-0.2, -0.15) is 0 Å². The number of rotatable bonds is 4. The van der Waals surface area contributed by atoms with Crippen LogP contribution in [-0.2, 0) is 4.79 Å². The average Bonchev–Trinajstić information content (AvgIpc) is 3.41. The van der Waals surface area contributed by atoms with Crippen LogP contribution in [0.5, 0.6) is 5.75 Å². The second-order valence-electron chi connectivity index (χ2n) is 5.97. The zero-order chi connectivity index (χ0) is 16.4. The number of ether oxygens (including phenoxy) is 1. The molecule has 0 aromatic heterocycles. The molecule has 0 radical (unpaired) electrons. The topological polar surface area (TPSA) is 49.9 Å². The Kier molecular flexibility index (Phi) is 4.50. The third-order valence-corrected chi connectivity index (χ3v) is 4.28. The van der Waals surface area contributed by atoms with Crippen LogP contribution >= 0.6 is 0 Å². The fourth-order valence-corrected chi connectivity index (χ4v) is 2.81. The van der Waals surface area contributed by atoms with E-state index < -0.39 is 5.82 Å². The van der Waals surface area contributed by atoms with E-state index in [1.54, 1.807) is 17.9 Å². The predicted octanol–water partition coefficient (Wildman–Crippen LogP) is 1.92. The molecule has 2 fully saturated rings. The summed E-state index contributed by atoms with van der Waals surface area (Å²) in [5.41, 5.74) is 0.313. The van der Waals surface area contributed by atoms with E-state index in [2.05, 4.69) is 0 Å². The first-order chi connectivity index (χ1) is 11.1. The lowest BCUT2D eigenvalue weighted by molar-refractivity contribution is -0.134. The highest BCUT2D eigenvalue weighted by molar-refractivity contribution is 5.94. The van der Waals surface area contributed by atoms with Gasteiger partial charge in [0, 0.05) is 37.7 Å². The van der Waals surface area contributed by atoms with Gasteiger partial charge in [-0.15, -0.1) is 0 Å². The van der Waals surface area contributed by atoms with Gasteiger partial charge in [-0.1, -0.05) is 0 Å². The van der Waals surface area contributed by atoms with Crippen LogP contribution in [0.25, 0.3) is 0 Å². The predicted molar refractivity (Wildman–Crippen MR) is 82.8 cm³/mol. The molecule has 2 aliphatic rings. The molecule has 1 aliphatic heterocycles. The summed E-state index contributed by atoms with van der Waals surface area (Å²) in [6, 6.07) is 4.28. The molecule has 23 heavy (non-hydrogen) atoms. The maximum Gasteiger partial charge on any atom is 0.254 e. The number of halogens is 1. The molecule has 2 amide bonds. The molecule has 1 saturated carbocycles. The number of nitrogens with zero attached hydrogens (tertiary/aromatic N) is 2. The Morgan fingerprint density at radius 3 is 2.39 bits per heavy atom. The summed E-state index contributed by atoms with van der Waals surface area (Å²) in [5, 5.41) is 0. The highest BCUT2D eigenvalue weighted by Gasteiger charge is 2.35. The molecule has 0 spiro atoms. The molecule has 0 bridgehead atoms. The minimum atomic E-state index is -0.528. The van der Waals surface area contributed by atoms with Crippen LogP contribution in [0.3, 0.4) is 0 Å². The SMILES string of the molecule is CCOc1ccc(C(=O)N2CCN(C(=O)C3CC3)CC2)cc1F. The maximum absolute atomic E-state index is 13.9. The first-order valence-corrected chi connectivity index (χ1v) is 8.10. The Morgan fingerprint density at radius 2 is 1.83 bits per heavy atom. The summed E-state index contributed by atoms with van der Waals surface area (Å²) in [7, 11) is 0. The van der Waals surface area contributed by atoms with Crippen molar-refractivity contribution in [2.45, 2.75) is 19.8 Å². The summed E-state index contributed by atoms with van der Waals surface area (Å²) < 4.78 is 19.0. The average molecular weight is 320 g/mol. The number of piperazine rings is 1. The number of carbonyl (C=O) groups is 2. The van der Waals surface area contributed by atoms with Crippen molar-refractivity contribution in [3.8, 4) is 5.75 Å². The van der Waals surface area contributed by atoms with Crippen molar-refractivity contribution >= 4 is 11.8 Å². The fourth-order valence-electron chi connectivity index (χ4n) is 2.81. The number of hydrogen-bond acceptors (Lipinski definition) is 3. The van der Waals surface area contributed by atoms with Gasteiger partial charge in [-0.05, 0) is 38.0 Å². The largest absolute Gasteiger partial charge is 0.491 e. The van der Waals surface area contributed by atoms with Crippen LogP contribution in [0.1, 0.15) is 30.1 Å². The van der Waals surface area contributed by atoms with E-state index in [4.69, 9.17) is 4.74 Å². The lowest BCUT2D eigenvalue weighted by Gasteiger charge is -2.35. The van der Waals surface area contributed by atoms with Gasteiger partial charge in [-0.3, -0.25) is 9.59 Å². The summed E-state index contributed by atoms with van der Waals surface area (Å²) in [6.45, 7) is 4.25. The second kappa shape index (κ2) is 6.56. The summed E-state index contributed by atoms with van der Waals surface area (Å²) >= 11 is 0. The van der Waals surface area contributed by atoms with Gasteiger partial charge in [0.05, 0.1) is 6.61 Å². The molecule has 0 atom stereocenters. The van der Waals surface area contributed by atoms with Gasteiger partial charge in [0.2, 0.25) is 5.91 Å². The van der Waals surface area contributed by atoms with Crippen molar-refractivity contribution in [1.82, 2.24) is 9.80 Å². The van der Waals surface area contributed by atoms with E-state index in [0.717, 1.165) is 12.8 Å². The first kappa shape index (κ1) is 15.8. The highest BCUT2D eigenvalue weighted by atomic mass is 19.1. The van der Waals surface area contributed by atoms with Crippen LogP contribution in [0.2, 0.25) is 0 Å². The van der Waals surface area contributed by atoms with E-state index in [0.29, 0.717) is 38.3 Å². The van der Waals surface area contributed by atoms with Crippen LogP contribution in [-0.4, -0.2) is 54.4 Å². The Hall–Kier alpha value is -2.11. The van der Waals surface area contributed by atoms with E-state index in [9.17, 15) is 14.0 Å². The van der Waals surface area contributed by atoms with Crippen molar-refractivity contribution in [2.24, 2.45) is 5.92 Å². The zero-order valence-electron chi connectivity index (χ0n) is 13.3. The lowest BCUT2D eigenvalue weighted by Crippen LogP contribution is -2.51. The number of amides is 2. The smallest absolute Gasteiger partial charge is 0.254 e. The maximum atomic E-state index is 13.9. The van der Waals surface area contributed by atoms with E-state index >= 15 is 0 Å². The molecule has 6 heteroatoms. The van der Waals surface area contributed by atoms with Crippen molar-refractivity contribution in [2.75, 3.05) is 32.8 Å². The number of hydrogen-bond donors (Lipinski definition) is 0. The lowest BCUT2D eigenvalue weighted by atomic mass is 10.1. The normalized spacial score (nSPS) is 18.0.